The molecule has 20 heavy (non-hydrogen) atoms. The average Bonchev–Trinajstić information content (AvgIpc) is 3.00. The monoisotopic (exact) mass is 329 g/mol. The summed E-state index contributed by atoms with van der Waals surface area (Å²) in [6.45, 7) is -1.56. The van der Waals surface area contributed by atoms with Crippen LogP contribution in [-0.4, -0.2) is 39.1 Å². The van der Waals surface area contributed by atoms with Crippen molar-refractivity contribution in [3.05, 3.63) is 11.4 Å². The molecule has 0 atom stereocenters. The number of methoxy groups -OCH3 is 1. The number of rotatable bonds is 6. The summed E-state index contributed by atoms with van der Waals surface area (Å²) in [6, 6.07) is 1.43. The lowest BCUT2D eigenvalue weighted by Crippen LogP contribution is -2.40. The standard InChI is InChI=1S/C11H14F3NO3S2/c1-18-9-4-5-19-10(9)20(16,17)15(6-8-2-3-8)7-11(12,13)14/h4-5,8H,2-3,6-7H2,1H3. The third kappa shape index (κ3) is 3.64. The van der Waals surface area contributed by atoms with E-state index in [4.69, 9.17) is 4.74 Å². The topological polar surface area (TPSA) is 46.6 Å². The van der Waals surface area contributed by atoms with E-state index in [-0.39, 0.29) is 22.4 Å². The van der Waals surface area contributed by atoms with Crippen LogP contribution in [0, 0.1) is 5.92 Å². The van der Waals surface area contributed by atoms with Crippen LogP contribution in [0.3, 0.4) is 0 Å². The Kier molecular flexibility index (Phi) is 4.31. The highest BCUT2D eigenvalue weighted by molar-refractivity contribution is 7.91. The highest BCUT2D eigenvalue weighted by atomic mass is 32.2. The Morgan fingerprint density at radius 2 is 2.10 bits per heavy atom. The largest absolute Gasteiger partial charge is 0.494 e. The van der Waals surface area contributed by atoms with E-state index in [9.17, 15) is 21.6 Å². The van der Waals surface area contributed by atoms with E-state index in [1.807, 2.05) is 0 Å². The van der Waals surface area contributed by atoms with Crippen molar-refractivity contribution in [2.75, 3.05) is 20.2 Å². The van der Waals surface area contributed by atoms with Gasteiger partial charge in [0.1, 0.15) is 12.3 Å². The molecule has 1 aliphatic carbocycles. The molecule has 0 N–H and O–H groups in total. The molecule has 1 heterocycles. The molecule has 0 unspecified atom stereocenters. The average molecular weight is 329 g/mol. The van der Waals surface area contributed by atoms with E-state index >= 15 is 0 Å². The molecule has 0 spiro atoms. The minimum atomic E-state index is -4.56. The summed E-state index contributed by atoms with van der Waals surface area (Å²) in [5, 5.41) is 1.48. The number of sulfonamides is 1. The molecule has 2 rings (SSSR count). The highest BCUT2D eigenvalue weighted by Crippen LogP contribution is 2.37. The second-order valence-electron chi connectivity index (χ2n) is 4.63. The summed E-state index contributed by atoms with van der Waals surface area (Å²) in [5.74, 6) is 0.107. The highest BCUT2D eigenvalue weighted by Gasteiger charge is 2.41. The van der Waals surface area contributed by atoms with Crippen molar-refractivity contribution in [3.8, 4) is 5.75 Å². The predicted molar refractivity (Wildman–Crippen MR) is 68.4 cm³/mol. The van der Waals surface area contributed by atoms with Gasteiger partial charge in [-0.3, -0.25) is 0 Å². The molecule has 0 radical (unpaired) electrons. The first-order chi connectivity index (χ1) is 9.24. The SMILES string of the molecule is COc1ccsc1S(=O)(=O)N(CC1CC1)CC(F)(F)F. The van der Waals surface area contributed by atoms with Gasteiger partial charge in [-0.05, 0) is 30.2 Å². The van der Waals surface area contributed by atoms with Crippen molar-refractivity contribution < 1.29 is 26.3 Å². The van der Waals surface area contributed by atoms with Crippen LogP contribution in [0.1, 0.15) is 12.8 Å². The van der Waals surface area contributed by atoms with Gasteiger partial charge in [-0.25, -0.2) is 8.42 Å². The fraction of sp³-hybridized carbons (Fsp3) is 0.636. The van der Waals surface area contributed by atoms with Gasteiger partial charge in [0, 0.05) is 6.54 Å². The fourth-order valence-electron chi connectivity index (χ4n) is 1.78. The van der Waals surface area contributed by atoms with Gasteiger partial charge in [-0.15, -0.1) is 11.3 Å². The Hall–Kier alpha value is -0.800. The van der Waals surface area contributed by atoms with E-state index < -0.39 is 22.7 Å². The van der Waals surface area contributed by atoms with Gasteiger partial charge in [0.25, 0.3) is 10.0 Å². The fourth-order valence-corrected chi connectivity index (χ4v) is 4.69. The number of halogens is 3. The van der Waals surface area contributed by atoms with Crippen molar-refractivity contribution >= 4 is 21.4 Å². The molecule has 1 saturated carbocycles. The number of hydrogen-bond acceptors (Lipinski definition) is 4. The normalized spacial score (nSPS) is 16.6. The first-order valence-electron chi connectivity index (χ1n) is 5.92. The summed E-state index contributed by atoms with van der Waals surface area (Å²) in [5.41, 5.74) is 0. The van der Waals surface area contributed by atoms with Gasteiger partial charge >= 0.3 is 6.18 Å². The molecule has 9 heteroatoms. The van der Waals surface area contributed by atoms with E-state index in [2.05, 4.69) is 0 Å². The van der Waals surface area contributed by atoms with Crippen LogP contribution >= 0.6 is 11.3 Å². The Morgan fingerprint density at radius 3 is 2.60 bits per heavy atom. The summed E-state index contributed by atoms with van der Waals surface area (Å²) in [6.07, 6.45) is -3.02. The first-order valence-corrected chi connectivity index (χ1v) is 8.24. The lowest BCUT2D eigenvalue weighted by molar-refractivity contribution is -0.136. The van der Waals surface area contributed by atoms with Gasteiger partial charge in [0.2, 0.25) is 0 Å². The van der Waals surface area contributed by atoms with Crippen LogP contribution in [0.5, 0.6) is 5.75 Å². The van der Waals surface area contributed by atoms with Crippen LogP contribution in [0.2, 0.25) is 0 Å². The summed E-state index contributed by atoms with van der Waals surface area (Å²) in [4.78, 5) is 0. The zero-order valence-corrected chi connectivity index (χ0v) is 12.3. The lowest BCUT2D eigenvalue weighted by Gasteiger charge is -2.23. The molecular weight excluding hydrogens is 315 g/mol. The molecule has 0 aromatic carbocycles. The summed E-state index contributed by atoms with van der Waals surface area (Å²) < 4.78 is 67.8. The van der Waals surface area contributed by atoms with Crippen LogP contribution in [0.25, 0.3) is 0 Å². The Labute approximate surface area is 119 Å². The summed E-state index contributed by atoms with van der Waals surface area (Å²) in [7, 11) is -2.89. The van der Waals surface area contributed by atoms with Crippen LogP contribution < -0.4 is 4.74 Å². The zero-order chi connectivity index (χ0) is 15.0. The first kappa shape index (κ1) is 15.6. The molecule has 0 bridgehead atoms. The molecule has 0 amide bonds. The third-order valence-corrected chi connectivity index (χ3v) is 6.14. The molecule has 1 aromatic rings. The van der Waals surface area contributed by atoms with E-state index in [1.165, 1.54) is 18.6 Å². The van der Waals surface area contributed by atoms with Crippen LogP contribution in [0.15, 0.2) is 15.7 Å². The molecule has 0 saturated heterocycles. The number of hydrogen-bond donors (Lipinski definition) is 0. The second kappa shape index (κ2) is 5.53. The number of ether oxygens (including phenoxy) is 1. The van der Waals surface area contributed by atoms with Gasteiger partial charge in [-0.1, -0.05) is 0 Å². The van der Waals surface area contributed by atoms with Crippen molar-refractivity contribution in [2.45, 2.75) is 23.2 Å². The van der Waals surface area contributed by atoms with Crippen molar-refractivity contribution in [1.29, 1.82) is 0 Å². The molecule has 114 valence electrons. The molecule has 4 nitrogen and oxygen atoms in total. The maximum Gasteiger partial charge on any atom is 0.402 e. The Bertz CT molecular complexity index is 564. The zero-order valence-electron chi connectivity index (χ0n) is 10.7. The second-order valence-corrected chi connectivity index (χ2v) is 7.68. The Morgan fingerprint density at radius 1 is 1.45 bits per heavy atom. The van der Waals surface area contributed by atoms with E-state index in [0.29, 0.717) is 4.31 Å². The van der Waals surface area contributed by atoms with Crippen molar-refractivity contribution in [2.24, 2.45) is 5.92 Å². The van der Waals surface area contributed by atoms with Gasteiger partial charge < -0.3 is 4.74 Å². The van der Waals surface area contributed by atoms with Gasteiger partial charge in [-0.2, -0.15) is 17.5 Å². The quantitative estimate of drug-likeness (QED) is 0.806. The number of thiophene rings is 1. The maximum atomic E-state index is 12.6. The minimum Gasteiger partial charge on any atom is -0.494 e. The molecular formula is C11H14F3NO3S2. The predicted octanol–water partition coefficient (Wildman–Crippen LogP) is 2.72. The lowest BCUT2D eigenvalue weighted by atomic mass is 10.4. The molecule has 1 aromatic heterocycles. The molecule has 0 aliphatic heterocycles. The van der Waals surface area contributed by atoms with Crippen LogP contribution in [-0.2, 0) is 10.0 Å². The number of alkyl halides is 3. The molecule has 1 aliphatic rings. The van der Waals surface area contributed by atoms with E-state index in [0.717, 1.165) is 24.2 Å². The minimum absolute atomic E-state index is 0.0260. The van der Waals surface area contributed by atoms with E-state index in [1.54, 1.807) is 0 Å². The van der Waals surface area contributed by atoms with Gasteiger partial charge in [0.05, 0.1) is 7.11 Å². The van der Waals surface area contributed by atoms with Crippen molar-refractivity contribution in [3.63, 3.8) is 0 Å². The van der Waals surface area contributed by atoms with Crippen LogP contribution in [0.4, 0.5) is 13.2 Å². The smallest absolute Gasteiger partial charge is 0.402 e. The van der Waals surface area contributed by atoms with Gasteiger partial charge in [0.15, 0.2) is 4.21 Å². The number of nitrogens with zero attached hydrogens (tertiary/aromatic N) is 1. The summed E-state index contributed by atoms with van der Waals surface area (Å²) >= 11 is 0.861. The van der Waals surface area contributed by atoms with Crippen molar-refractivity contribution in [1.82, 2.24) is 4.31 Å². The molecule has 1 fully saturated rings. The third-order valence-electron chi connectivity index (χ3n) is 2.90. The Balaban J connectivity index is 2.30. The maximum absolute atomic E-state index is 12.6.